The van der Waals surface area contributed by atoms with Crippen LogP contribution >= 0.6 is 0 Å². The third kappa shape index (κ3) is 2.92. The number of carboxylic acid groups (broad SMARTS) is 1. The number of amides is 1. The molecule has 1 amide bonds. The van der Waals surface area contributed by atoms with Crippen LogP contribution in [-0.2, 0) is 9.59 Å². The maximum absolute atomic E-state index is 12.0. The summed E-state index contributed by atoms with van der Waals surface area (Å²) < 4.78 is 5.08. The summed E-state index contributed by atoms with van der Waals surface area (Å²) in [5.74, 6) is -0.877. The van der Waals surface area contributed by atoms with Gasteiger partial charge in [-0.15, -0.1) is 0 Å². The van der Waals surface area contributed by atoms with Crippen LogP contribution in [0.3, 0.4) is 0 Å². The van der Waals surface area contributed by atoms with Crippen LogP contribution in [0.2, 0.25) is 0 Å². The number of rotatable bonds is 4. The second-order valence-electron chi connectivity index (χ2n) is 5.26. The number of carbonyl (C=O) groups is 2. The first-order chi connectivity index (χ1) is 9.54. The molecule has 0 spiro atoms. The second kappa shape index (κ2) is 5.94. The van der Waals surface area contributed by atoms with Crippen LogP contribution < -0.4 is 5.32 Å². The van der Waals surface area contributed by atoms with E-state index in [4.69, 9.17) is 4.42 Å². The van der Waals surface area contributed by atoms with Crippen LogP contribution in [-0.4, -0.2) is 22.5 Å². The van der Waals surface area contributed by atoms with Crippen LogP contribution in [0, 0.1) is 5.92 Å². The lowest BCUT2D eigenvalue weighted by Crippen LogP contribution is -2.59. The Hall–Kier alpha value is -2.04. The molecule has 1 aliphatic carbocycles. The number of carboxylic acids is 1. The summed E-state index contributed by atoms with van der Waals surface area (Å²) in [4.78, 5) is 23.6. The summed E-state index contributed by atoms with van der Waals surface area (Å²) >= 11 is 0. The third-order valence-corrected chi connectivity index (χ3v) is 3.97. The Morgan fingerprint density at radius 3 is 2.90 bits per heavy atom. The first kappa shape index (κ1) is 14.4. The van der Waals surface area contributed by atoms with Crippen LogP contribution in [0.1, 0.15) is 38.4 Å². The van der Waals surface area contributed by atoms with E-state index in [1.165, 1.54) is 18.4 Å². The van der Waals surface area contributed by atoms with Crippen molar-refractivity contribution in [3.63, 3.8) is 0 Å². The molecule has 1 aromatic rings. The zero-order valence-corrected chi connectivity index (χ0v) is 11.5. The van der Waals surface area contributed by atoms with Gasteiger partial charge in [0.15, 0.2) is 0 Å². The van der Waals surface area contributed by atoms with Crippen molar-refractivity contribution in [1.29, 1.82) is 0 Å². The highest BCUT2D eigenvalue weighted by molar-refractivity contribution is 5.95. The van der Waals surface area contributed by atoms with E-state index in [-0.39, 0.29) is 5.92 Å². The second-order valence-corrected chi connectivity index (χ2v) is 5.26. The summed E-state index contributed by atoms with van der Waals surface area (Å²) in [7, 11) is 0. The number of aliphatic carboxylic acids is 1. The smallest absolute Gasteiger partial charge is 0.329 e. The van der Waals surface area contributed by atoms with Crippen molar-refractivity contribution in [1.82, 2.24) is 5.32 Å². The SMILES string of the molecule is CC1CCCCC1(NC(=O)C=Cc1ccco1)C(=O)O. The van der Waals surface area contributed by atoms with E-state index < -0.39 is 17.4 Å². The molecule has 20 heavy (non-hydrogen) atoms. The van der Waals surface area contributed by atoms with Gasteiger partial charge < -0.3 is 14.8 Å². The van der Waals surface area contributed by atoms with E-state index in [1.807, 2.05) is 6.92 Å². The molecule has 5 heteroatoms. The van der Waals surface area contributed by atoms with Gasteiger partial charge in [-0.05, 0) is 37.0 Å². The van der Waals surface area contributed by atoms with E-state index in [1.54, 1.807) is 12.1 Å². The fourth-order valence-corrected chi connectivity index (χ4v) is 2.71. The van der Waals surface area contributed by atoms with Gasteiger partial charge in [0.2, 0.25) is 5.91 Å². The van der Waals surface area contributed by atoms with Crippen molar-refractivity contribution in [2.24, 2.45) is 5.92 Å². The number of furan rings is 1. The van der Waals surface area contributed by atoms with Gasteiger partial charge in [0.1, 0.15) is 11.3 Å². The molecule has 0 radical (unpaired) electrons. The largest absolute Gasteiger partial charge is 0.479 e. The molecule has 0 saturated heterocycles. The van der Waals surface area contributed by atoms with E-state index >= 15 is 0 Å². The lowest BCUT2D eigenvalue weighted by molar-refractivity contribution is -0.151. The maximum atomic E-state index is 12.0. The van der Waals surface area contributed by atoms with Crippen molar-refractivity contribution < 1.29 is 19.1 Å². The minimum absolute atomic E-state index is 0.0743. The minimum atomic E-state index is -1.15. The topological polar surface area (TPSA) is 79.5 Å². The monoisotopic (exact) mass is 277 g/mol. The molecule has 108 valence electrons. The summed E-state index contributed by atoms with van der Waals surface area (Å²) in [6, 6.07) is 3.44. The Balaban J connectivity index is 2.08. The number of carbonyl (C=O) groups excluding carboxylic acids is 1. The molecule has 0 bridgehead atoms. The van der Waals surface area contributed by atoms with Gasteiger partial charge in [-0.3, -0.25) is 4.79 Å². The maximum Gasteiger partial charge on any atom is 0.329 e. The normalized spacial score (nSPS) is 26.6. The van der Waals surface area contributed by atoms with Crippen LogP contribution in [0.5, 0.6) is 0 Å². The summed E-state index contributed by atoms with van der Waals surface area (Å²) in [6.45, 7) is 1.88. The van der Waals surface area contributed by atoms with E-state index in [0.717, 1.165) is 19.3 Å². The highest BCUT2D eigenvalue weighted by Crippen LogP contribution is 2.33. The van der Waals surface area contributed by atoms with E-state index in [0.29, 0.717) is 12.2 Å². The van der Waals surface area contributed by atoms with Gasteiger partial charge in [-0.25, -0.2) is 4.79 Å². The number of hydrogen-bond donors (Lipinski definition) is 2. The lowest BCUT2D eigenvalue weighted by Gasteiger charge is -2.39. The van der Waals surface area contributed by atoms with Crippen LogP contribution in [0.4, 0.5) is 0 Å². The summed E-state index contributed by atoms with van der Waals surface area (Å²) in [5.41, 5.74) is -1.15. The Morgan fingerprint density at radius 2 is 2.30 bits per heavy atom. The first-order valence-corrected chi connectivity index (χ1v) is 6.82. The molecule has 2 atom stereocenters. The lowest BCUT2D eigenvalue weighted by atomic mass is 9.73. The number of nitrogens with one attached hydrogen (secondary N) is 1. The highest BCUT2D eigenvalue weighted by Gasteiger charge is 2.45. The Morgan fingerprint density at radius 1 is 1.50 bits per heavy atom. The Kier molecular flexibility index (Phi) is 4.27. The van der Waals surface area contributed by atoms with Gasteiger partial charge >= 0.3 is 5.97 Å². The molecule has 1 heterocycles. The molecule has 0 aliphatic heterocycles. The molecule has 2 rings (SSSR count). The van der Waals surface area contributed by atoms with E-state index in [2.05, 4.69) is 5.32 Å². The van der Waals surface area contributed by atoms with Crippen molar-refractivity contribution in [2.75, 3.05) is 0 Å². The van der Waals surface area contributed by atoms with Crippen LogP contribution in [0.25, 0.3) is 6.08 Å². The van der Waals surface area contributed by atoms with Crippen molar-refractivity contribution in [3.05, 3.63) is 30.2 Å². The molecule has 1 fully saturated rings. The molecule has 2 unspecified atom stereocenters. The standard InChI is InChI=1S/C15H19NO4/c1-11-5-2-3-9-15(11,14(18)19)16-13(17)8-7-12-6-4-10-20-12/h4,6-8,10-11H,2-3,5,9H2,1H3,(H,16,17)(H,18,19). The Bertz CT molecular complexity index is 506. The zero-order chi connectivity index (χ0) is 14.6. The predicted octanol–water partition coefficient (Wildman–Crippen LogP) is 2.44. The first-order valence-electron chi connectivity index (χ1n) is 6.82. The van der Waals surface area contributed by atoms with Gasteiger partial charge in [0, 0.05) is 6.08 Å². The molecule has 1 aromatic heterocycles. The van der Waals surface area contributed by atoms with Gasteiger partial charge in [0.25, 0.3) is 0 Å². The molecular weight excluding hydrogens is 258 g/mol. The summed E-state index contributed by atoms with van der Waals surface area (Å²) in [5, 5.41) is 12.2. The number of hydrogen-bond acceptors (Lipinski definition) is 3. The summed E-state index contributed by atoms with van der Waals surface area (Å²) in [6.07, 6.45) is 7.47. The third-order valence-electron chi connectivity index (χ3n) is 3.97. The van der Waals surface area contributed by atoms with E-state index in [9.17, 15) is 14.7 Å². The quantitative estimate of drug-likeness (QED) is 0.828. The molecule has 2 N–H and O–H groups in total. The average molecular weight is 277 g/mol. The van der Waals surface area contributed by atoms with Gasteiger partial charge in [-0.1, -0.05) is 19.8 Å². The molecule has 0 aromatic carbocycles. The molecular formula is C15H19NO4. The highest BCUT2D eigenvalue weighted by atomic mass is 16.4. The minimum Gasteiger partial charge on any atom is -0.479 e. The molecule has 1 aliphatic rings. The van der Waals surface area contributed by atoms with Crippen molar-refractivity contribution in [2.45, 2.75) is 38.1 Å². The fourth-order valence-electron chi connectivity index (χ4n) is 2.71. The zero-order valence-electron chi connectivity index (χ0n) is 11.5. The Labute approximate surface area is 117 Å². The fraction of sp³-hybridized carbons (Fsp3) is 0.467. The van der Waals surface area contributed by atoms with Gasteiger partial charge in [-0.2, -0.15) is 0 Å². The van der Waals surface area contributed by atoms with Crippen LogP contribution in [0.15, 0.2) is 28.9 Å². The predicted molar refractivity (Wildman–Crippen MR) is 73.9 cm³/mol. The average Bonchev–Trinajstić information content (AvgIpc) is 2.92. The molecule has 5 nitrogen and oxygen atoms in total. The van der Waals surface area contributed by atoms with Crippen molar-refractivity contribution >= 4 is 18.0 Å². The molecule has 1 saturated carbocycles. The van der Waals surface area contributed by atoms with Crippen molar-refractivity contribution in [3.8, 4) is 0 Å². The van der Waals surface area contributed by atoms with Gasteiger partial charge in [0.05, 0.1) is 6.26 Å².